The second-order valence-corrected chi connectivity index (χ2v) is 3.73. The van der Waals surface area contributed by atoms with E-state index in [9.17, 15) is 4.79 Å². The van der Waals surface area contributed by atoms with E-state index in [1.54, 1.807) is 12.1 Å². The third-order valence-electron chi connectivity index (χ3n) is 2.71. The van der Waals surface area contributed by atoms with Gasteiger partial charge in [-0.15, -0.1) is 0 Å². The fourth-order valence-corrected chi connectivity index (χ4v) is 1.88. The van der Waals surface area contributed by atoms with Crippen molar-refractivity contribution in [3.8, 4) is 5.75 Å². The smallest absolute Gasteiger partial charge is 0.337 e. The first-order valence-corrected chi connectivity index (χ1v) is 6.47. The summed E-state index contributed by atoms with van der Waals surface area (Å²) in [6, 6.07) is 5.19. The summed E-state index contributed by atoms with van der Waals surface area (Å²) < 4.78 is 10.2. The fourth-order valence-electron chi connectivity index (χ4n) is 1.88. The number of methoxy groups -OCH3 is 1. The average molecular weight is 267 g/mol. The maximum Gasteiger partial charge on any atom is 0.337 e. The molecule has 1 N–H and O–H groups in total. The molecule has 0 aliphatic carbocycles. The topological polar surface area (TPSA) is 59.0 Å². The maximum absolute atomic E-state index is 11.4. The van der Waals surface area contributed by atoms with E-state index in [1.807, 2.05) is 24.8 Å². The molecule has 0 saturated heterocycles. The Labute approximate surface area is 113 Å². The lowest BCUT2D eigenvalue weighted by atomic mass is 10.1. The quantitative estimate of drug-likeness (QED) is 0.845. The third kappa shape index (κ3) is 3.61. The highest BCUT2D eigenvalue weighted by Crippen LogP contribution is 2.32. The monoisotopic (exact) mass is 267 g/mol. The highest BCUT2D eigenvalue weighted by Gasteiger charge is 2.19. The van der Waals surface area contributed by atoms with E-state index in [0.717, 1.165) is 12.2 Å². The van der Waals surface area contributed by atoms with Crippen LogP contribution >= 0.6 is 0 Å². The second-order valence-electron chi connectivity index (χ2n) is 3.73. The van der Waals surface area contributed by atoms with Gasteiger partial charge in [0.25, 0.3) is 0 Å². The van der Waals surface area contributed by atoms with E-state index in [0.29, 0.717) is 24.5 Å². The van der Waals surface area contributed by atoms with E-state index < -0.39 is 0 Å². The summed E-state index contributed by atoms with van der Waals surface area (Å²) in [6.07, 6.45) is 0. The van der Waals surface area contributed by atoms with Gasteiger partial charge in [0.1, 0.15) is 12.4 Å². The Morgan fingerprint density at radius 2 is 2.21 bits per heavy atom. The molecule has 0 saturated carbocycles. The Balaban J connectivity index is 0.000000861. The lowest BCUT2D eigenvalue weighted by molar-refractivity contribution is 0.0600. The van der Waals surface area contributed by atoms with Crippen LogP contribution in [0.3, 0.4) is 0 Å². The van der Waals surface area contributed by atoms with E-state index in [2.05, 4.69) is 4.74 Å². The molecule has 0 aromatic heterocycles. The number of benzene rings is 1. The molecule has 0 bridgehead atoms. The maximum atomic E-state index is 11.4. The summed E-state index contributed by atoms with van der Waals surface area (Å²) in [6.45, 7) is 5.95. The van der Waals surface area contributed by atoms with Crippen LogP contribution in [0.25, 0.3) is 0 Å². The number of carbonyl (C=O) groups is 1. The standard InChI is InChI=1S/C12H15NO4.C2H6/c1-16-12(15)9-2-3-10-11(8-9)17-7-5-13(10)4-6-14;1-2/h2-3,8,14H,4-7H2,1H3;1-2H3. The Bertz CT molecular complexity index is 420. The minimum atomic E-state index is -0.379. The molecule has 0 atom stereocenters. The number of rotatable bonds is 3. The van der Waals surface area contributed by atoms with Gasteiger partial charge in [-0.1, -0.05) is 13.8 Å². The lowest BCUT2D eigenvalue weighted by Crippen LogP contribution is -2.34. The second kappa shape index (κ2) is 7.63. The Morgan fingerprint density at radius 3 is 2.84 bits per heavy atom. The van der Waals surface area contributed by atoms with Gasteiger partial charge >= 0.3 is 5.97 Å². The summed E-state index contributed by atoms with van der Waals surface area (Å²) >= 11 is 0. The largest absolute Gasteiger partial charge is 0.490 e. The van der Waals surface area contributed by atoms with Gasteiger partial charge in [-0.05, 0) is 18.2 Å². The first-order chi connectivity index (χ1) is 9.26. The van der Waals surface area contributed by atoms with Crippen molar-refractivity contribution in [2.45, 2.75) is 13.8 Å². The average Bonchev–Trinajstić information content (AvgIpc) is 2.48. The zero-order valence-electron chi connectivity index (χ0n) is 11.7. The van der Waals surface area contributed by atoms with Crippen molar-refractivity contribution in [1.29, 1.82) is 0 Å². The van der Waals surface area contributed by atoms with Crippen molar-refractivity contribution in [2.24, 2.45) is 0 Å². The van der Waals surface area contributed by atoms with Crippen LogP contribution in [0.1, 0.15) is 24.2 Å². The zero-order chi connectivity index (χ0) is 14.3. The van der Waals surface area contributed by atoms with Gasteiger partial charge in [-0.3, -0.25) is 0 Å². The fraction of sp³-hybridized carbons (Fsp3) is 0.500. The van der Waals surface area contributed by atoms with Crippen molar-refractivity contribution in [1.82, 2.24) is 0 Å². The van der Waals surface area contributed by atoms with E-state index >= 15 is 0 Å². The van der Waals surface area contributed by atoms with Crippen LogP contribution in [0.5, 0.6) is 5.75 Å². The Kier molecular flexibility index (Phi) is 6.15. The molecular weight excluding hydrogens is 246 g/mol. The van der Waals surface area contributed by atoms with Gasteiger partial charge in [-0.25, -0.2) is 4.79 Å². The lowest BCUT2D eigenvalue weighted by Gasteiger charge is -2.30. The van der Waals surface area contributed by atoms with Crippen LogP contribution in [-0.2, 0) is 4.74 Å². The van der Waals surface area contributed by atoms with Crippen LogP contribution in [0, 0.1) is 0 Å². The van der Waals surface area contributed by atoms with Gasteiger partial charge in [-0.2, -0.15) is 0 Å². The van der Waals surface area contributed by atoms with Crippen LogP contribution < -0.4 is 9.64 Å². The molecule has 0 fully saturated rings. The number of aliphatic hydroxyl groups is 1. The summed E-state index contributed by atoms with van der Waals surface area (Å²) in [5, 5.41) is 8.97. The zero-order valence-corrected chi connectivity index (χ0v) is 11.7. The van der Waals surface area contributed by atoms with E-state index in [1.165, 1.54) is 7.11 Å². The highest BCUT2D eigenvalue weighted by molar-refractivity contribution is 5.90. The van der Waals surface area contributed by atoms with Crippen LogP contribution in [-0.4, -0.2) is 44.5 Å². The number of fused-ring (bicyclic) bond motifs is 1. The van der Waals surface area contributed by atoms with E-state index in [4.69, 9.17) is 9.84 Å². The van der Waals surface area contributed by atoms with Crippen molar-refractivity contribution >= 4 is 11.7 Å². The number of nitrogens with zero attached hydrogens (tertiary/aromatic N) is 1. The Hall–Kier alpha value is -1.75. The molecule has 19 heavy (non-hydrogen) atoms. The van der Waals surface area contributed by atoms with Crippen LogP contribution in [0.15, 0.2) is 18.2 Å². The first kappa shape index (κ1) is 15.3. The molecule has 5 nitrogen and oxygen atoms in total. The van der Waals surface area contributed by atoms with E-state index in [-0.39, 0.29) is 12.6 Å². The first-order valence-electron chi connectivity index (χ1n) is 6.47. The van der Waals surface area contributed by atoms with Crippen LogP contribution in [0.4, 0.5) is 5.69 Å². The minimum absolute atomic E-state index is 0.0954. The predicted molar refractivity (Wildman–Crippen MR) is 73.9 cm³/mol. The molecule has 0 amide bonds. The van der Waals surface area contributed by atoms with Crippen molar-refractivity contribution < 1.29 is 19.4 Å². The molecular formula is C14H21NO4. The number of ether oxygens (including phenoxy) is 2. The molecule has 0 spiro atoms. The molecule has 1 aromatic carbocycles. The molecule has 0 unspecified atom stereocenters. The molecule has 1 aromatic rings. The van der Waals surface area contributed by atoms with Crippen LogP contribution in [0.2, 0.25) is 0 Å². The summed E-state index contributed by atoms with van der Waals surface area (Å²) in [5.74, 6) is 0.281. The Morgan fingerprint density at radius 1 is 1.47 bits per heavy atom. The molecule has 1 aliphatic rings. The molecule has 0 radical (unpaired) electrons. The molecule has 5 heteroatoms. The number of anilines is 1. The summed E-state index contributed by atoms with van der Waals surface area (Å²) in [5.41, 5.74) is 1.37. The van der Waals surface area contributed by atoms with Gasteiger partial charge in [0.15, 0.2) is 0 Å². The normalized spacial score (nSPS) is 12.7. The predicted octanol–water partition coefficient (Wildman–Crippen LogP) is 1.69. The van der Waals surface area contributed by atoms with Gasteiger partial charge in [0.05, 0.1) is 31.5 Å². The highest BCUT2D eigenvalue weighted by atomic mass is 16.5. The number of hydrogen-bond acceptors (Lipinski definition) is 5. The molecule has 1 aliphatic heterocycles. The van der Waals surface area contributed by atoms with Gasteiger partial charge in [0, 0.05) is 6.54 Å². The molecule has 1 heterocycles. The van der Waals surface area contributed by atoms with Crippen molar-refractivity contribution in [3.05, 3.63) is 23.8 Å². The summed E-state index contributed by atoms with van der Waals surface area (Å²) in [7, 11) is 1.35. The third-order valence-corrected chi connectivity index (χ3v) is 2.71. The number of β-amino-alcohol motifs (C(OH)–C–C–N with tert-alkyl or cyclic N) is 1. The minimum Gasteiger partial charge on any atom is -0.490 e. The number of aliphatic hydroxyl groups excluding tert-OH is 1. The van der Waals surface area contributed by atoms with Gasteiger partial charge < -0.3 is 19.5 Å². The van der Waals surface area contributed by atoms with Gasteiger partial charge in [0.2, 0.25) is 0 Å². The van der Waals surface area contributed by atoms with Crippen molar-refractivity contribution in [2.75, 3.05) is 38.3 Å². The molecule has 2 rings (SSSR count). The molecule has 106 valence electrons. The number of esters is 1. The number of hydrogen-bond donors (Lipinski definition) is 1. The summed E-state index contributed by atoms with van der Waals surface area (Å²) in [4.78, 5) is 13.4. The van der Waals surface area contributed by atoms with Crippen molar-refractivity contribution in [3.63, 3.8) is 0 Å². The SMILES string of the molecule is CC.COC(=O)c1ccc2c(c1)OCCN2CCO. The number of carbonyl (C=O) groups excluding carboxylic acids is 1.